The van der Waals surface area contributed by atoms with Crippen molar-refractivity contribution >= 4 is 23.4 Å². The zero-order valence-corrected chi connectivity index (χ0v) is 13.2. The van der Waals surface area contributed by atoms with Gasteiger partial charge in [-0.15, -0.1) is 0 Å². The summed E-state index contributed by atoms with van der Waals surface area (Å²) in [7, 11) is 0. The lowest BCUT2D eigenvalue weighted by Gasteiger charge is -2.29. The predicted molar refractivity (Wildman–Crippen MR) is 94.5 cm³/mol. The molecule has 0 saturated heterocycles. The molecule has 0 aliphatic carbocycles. The zero-order chi connectivity index (χ0) is 15.5. The number of hydrogen-bond donors (Lipinski definition) is 0. The van der Waals surface area contributed by atoms with Gasteiger partial charge in [0.1, 0.15) is 11.6 Å². The summed E-state index contributed by atoms with van der Waals surface area (Å²) in [6, 6.07) is 13.7. The van der Waals surface area contributed by atoms with Crippen LogP contribution in [0.25, 0.3) is 5.57 Å². The molecule has 0 amide bonds. The molecule has 5 heteroatoms. The molecule has 0 saturated carbocycles. The van der Waals surface area contributed by atoms with Gasteiger partial charge in [0.2, 0.25) is 5.88 Å². The van der Waals surface area contributed by atoms with Crippen LogP contribution in [-0.2, 0) is 0 Å². The first-order valence-electron chi connectivity index (χ1n) is 7.45. The van der Waals surface area contributed by atoms with Crippen molar-refractivity contribution in [2.45, 2.75) is 0 Å². The van der Waals surface area contributed by atoms with Gasteiger partial charge in [-0.25, -0.2) is 4.98 Å². The lowest BCUT2D eigenvalue weighted by molar-refractivity contribution is 0.463. The van der Waals surface area contributed by atoms with Crippen molar-refractivity contribution in [2.24, 2.45) is 4.40 Å². The van der Waals surface area contributed by atoms with Gasteiger partial charge in [0, 0.05) is 36.3 Å². The minimum absolute atomic E-state index is 0.597. The van der Waals surface area contributed by atoms with Crippen LogP contribution < -0.4 is 4.74 Å². The van der Waals surface area contributed by atoms with Gasteiger partial charge in [-0.2, -0.15) is 4.40 Å². The van der Waals surface area contributed by atoms with Crippen LogP contribution in [0.1, 0.15) is 5.56 Å². The number of ether oxygens (including phenoxy) is 1. The van der Waals surface area contributed by atoms with E-state index >= 15 is 0 Å². The average molecular weight is 321 g/mol. The Kier molecular flexibility index (Phi) is 3.86. The van der Waals surface area contributed by atoms with Crippen LogP contribution in [0.2, 0.25) is 0 Å². The van der Waals surface area contributed by atoms with Gasteiger partial charge in [-0.1, -0.05) is 18.2 Å². The third-order valence-electron chi connectivity index (χ3n) is 3.64. The molecule has 4 nitrogen and oxygen atoms in total. The number of allylic oxidation sites excluding steroid dienone is 2. The lowest BCUT2D eigenvalue weighted by atomic mass is 10.0. The second-order valence-corrected chi connectivity index (χ2v) is 6.01. The standard InChI is InChI=1S/C18H15N3OS/c1-2-10-19-17(5-1)22-15-8-6-14(7-9-15)16-4-3-11-21-12-13-23-20-18(16)21/h1-11H,12-13H2. The van der Waals surface area contributed by atoms with Crippen molar-refractivity contribution in [3.8, 4) is 11.6 Å². The molecule has 2 aliphatic rings. The van der Waals surface area contributed by atoms with Crippen LogP contribution in [0.4, 0.5) is 0 Å². The van der Waals surface area contributed by atoms with E-state index in [4.69, 9.17) is 4.74 Å². The highest BCUT2D eigenvalue weighted by Crippen LogP contribution is 2.29. The van der Waals surface area contributed by atoms with Gasteiger partial charge in [-0.3, -0.25) is 0 Å². The van der Waals surface area contributed by atoms with E-state index in [9.17, 15) is 0 Å². The molecule has 1 aromatic carbocycles. The molecule has 0 fully saturated rings. The van der Waals surface area contributed by atoms with E-state index in [0.29, 0.717) is 5.88 Å². The van der Waals surface area contributed by atoms with Crippen molar-refractivity contribution in [1.82, 2.24) is 9.88 Å². The molecule has 0 radical (unpaired) electrons. The second-order valence-electron chi connectivity index (χ2n) is 5.16. The summed E-state index contributed by atoms with van der Waals surface area (Å²) in [6.45, 7) is 0.998. The number of benzene rings is 1. The number of nitrogens with zero attached hydrogens (tertiary/aromatic N) is 3. The van der Waals surface area contributed by atoms with Gasteiger partial charge in [0.15, 0.2) is 0 Å². The van der Waals surface area contributed by atoms with E-state index in [2.05, 4.69) is 44.8 Å². The fraction of sp³-hybridized carbons (Fsp3) is 0.111. The molecule has 0 N–H and O–H groups in total. The summed E-state index contributed by atoms with van der Waals surface area (Å²) in [5, 5.41) is 0. The number of aromatic nitrogens is 1. The molecule has 0 unspecified atom stereocenters. The number of amidine groups is 1. The second kappa shape index (κ2) is 6.30. The minimum Gasteiger partial charge on any atom is -0.439 e. The molecule has 114 valence electrons. The summed E-state index contributed by atoms with van der Waals surface area (Å²) < 4.78 is 10.3. The largest absolute Gasteiger partial charge is 0.439 e. The third-order valence-corrected chi connectivity index (χ3v) is 4.31. The van der Waals surface area contributed by atoms with E-state index in [1.54, 1.807) is 18.1 Å². The summed E-state index contributed by atoms with van der Waals surface area (Å²) in [6.07, 6.45) is 7.98. The van der Waals surface area contributed by atoms with Gasteiger partial charge in [0.05, 0.1) is 0 Å². The number of pyridine rings is 1. The van der Waals surface area contributed by atoms with E-state index in [1.165, 1.54) is 0 Å². The van der Waals surface area contributed by atoms with Gasteiger partial charge in [-0.05, 0) is 47.9 Å². The molecule has 3 heterocycles. The predicted octanol–water partition coefficient (Wildman–Crippen LogP) is 4.15. The average Bonchev–Trinajstić information content (AvgIpc) is 2.63. The quantitative estimate of drug-likeness (QED) is 0.796. The van der Waals surface area contributed by atoms with Crippen molar-refractivity contribution in [2.75, 3.05) is 12.3 Å². The van der Waals surface area contributed by atoms with Crippen LogP contribution >= 0.6 is 11.9 Å². The smallest absolute Gasteiger partial charge is 0.219 e. The Morgan fingerprint density at radius 1 is 1.09 bits per heavy atom. The van der Waals surface area contributed by atoms with Crippen molar-refractivity contribution in [3.63, 3.8) is 0 Å². The van der Waals surface area contributed by atoms with Crippen molar-refractivity contribution in [3.05, 3.63) is 72.6 Å². The molecule has 0 spiro atoms. The first-order valence-corrected chi connectivity index (χ1v) is 8.39. The molecule has 0 atom stereocenters. The monoisotopic (exact) mass is 321 g/mol. The van der Waals surface area contributed by atoms with E-state index < -0.39 is 0 Å². The highest BCUT2D eigenvalue weighted by Gasteiger charge is 2.21. The van der Waals surface area contributed by atoms with Crippen LogP contribution in [0.15, 0.2) is 71.4 Å². The fourth-order valence-corrected chi connectivity index (χ4v) is 3.22. The highest BCUT2D eigenvalue weighted by atomic mass is 32.2. The summed E-state index contributed by atoms with van der Waals surface area (Å²) in [4.78, 5) is 6.37. The Morgan fingerprint density at radius 3 is 2.83 bits per heavy atom. The first kappa shape index (κ1) is 14.1. The molecule has 0 bridgehead atoms. The molecule has 1 aromatic heterocycles. The molecule has 4 rings (SSSR count). The maximum atomic E-state index is 5.74. The Hall–Kier alpha value is -2.53. The van der Waals surface area contributed by atoms with E-state index in [-0.39, 0.29) is 0 Å². The Morgan fingerprint density at radius 2 is 2.00 bits per heavy atom. The number of hydrogen-bond acceptors (Lipinski definition) is 5. The highest BCUT2D eigenvalue weighted by molar-refractivity contribution is 7.98. The summed E-state index contributed by atoms with van der Waals surface area (Å²) >= 11 is 1.62. The normalized spacial score (nSPS) is 16.4. The van der Waals surface area contributed by atoms with Gasteiger partial charge < -0.3 is 9.64 Å². The van der Waals surface area contributed by atoms with Gasteiger partial charge in [0.25, 0.3) is 0 Å². The molecular formula is C18H15N3OS. The zero-order valence-electron chi connectivity index (χ0n) is 12.4. The minimum atomic E-state index is 0.597. The Labute approximate surface area is 139 Å². The molecular weight excluding hydrogens is 306 g/mol. The van der Waals surface area contributed by atoms with Crippen LogP contribution in [0.3, 0.4) is 0 Å². The van der Waals surface area contributed by atoms with Crippen LogP contribution in [0, 0.1) is 0 Å². The lowest BCUT2D eigenvalue weighted by Crippen LogP contribution is -2.32. The van der Waals surface area contributed by atoms with Crippen molar-refractivity contribution < 1.29 is 4.74 Å². The van der Waals surface area contributed by atoms with Crippen LogP contribution in [0.5, 0.6) is 11.6 Å². The van der Waals surface area contributed by atoms with E-state index in [0.717, 1.165) is 35.0 Å². The molecule has 23 heavy (non-hydrogen) atoms. The Bertz CT molecular complexity index is 782. The number of rotatable bonds is 3. The molecule has 2 aromatic rings. The molecule has 2 aliphatic heterocycles. The maximum Gasteiger partial charge on any atom is 0.219 e. The fourth-order valence-electron chi connectivity index (χ4n) is 2.53. The SMILES string of the molecule is C1=CN2CCSN=C2C(c2ccc(Oc3ccccn3)cc2)=C1. The van der Waals surface area contributed by atoms with Crippen LogP contribution in [-0.4, -0.2) is 28.0 Å². The van der Waals surface area contributed by atoms with E-state index in [1.807, 2.05) is 30.3 Å². The first-order chi connectivity index (χ1) is 11.4. The maximum absolute atomic E-state index is 5.74. The Balaban J connectivity index is 1.57. The topological polar surface area (TPSA) is 37.7 Å². The summed E-state index contributed by atoms with van der Waals surface area (Å²) in [5.41, 5.74) is 2.28. The number of fused-ring (bicyclic) bond motifs is 1. The summed E-state index contributed by atoms with van der Waals surface area (Å²) in [5.74, 6) is 3.43. The van der Waals surface area contributed by atoms with Crippen molar-refractivity contribution in [1.29, 1.82) is 0 Å². The van der Waals surface area contributed by atoms with Gasteiger partial charge >= 0.3 is 0 Å². The third kappa shape index (κ3) is 3.00.